The lowest BCUT2D eigenvalue weighted by molar-refractivity contribution is -0.122. The van der Waals surface area contributed by atoms with E-state index in [4.69, 9.17) is 11.6 Å². The fourth-order valence-electron chi connectivity index (χ4n) is 3.01. The molecule has 3 aromatic rings. The molecule has 6 heteroatoms. The number of amidine groups is 1. The van der Waals surface area contributed by atoms with Gasteiger partial charge < -0.3 is 0 Å². The van der Waals surface area contributed by atoms with Crippen molar-refractivity contribution in [2.24, 2.45) is 4.99 Å². The lowest BCUT2D eigenvalue weighted by atomic mass is 10.2. The van der Waals surface area contributed by atoms with Crippen molar-refractivity contribution in [1.82, 2.24) is 4.90 Å². The van der Waals surface area contributed by atoms with Gasteiger partial charge in [-0.2, -0.15) is 0 Å². The molecule has 0 bridgehead atoms. The van der Waals surface area contributed by atoms with Crippen LogP contribution >= 0.6 is 23.4 Å². The van der Waals surface area contributed by atoms with Crippen LogP contribution in [0, 0.1) is 12.7 Å². The zero-order chi connectivity index (χ0) is 21.1. The van der Waals surface area contributed by atoms with Gasteiger partial charge in [-0.1, -0.05) is 65.7 Å². The Bertz CT molecular complexity index is 1120. The van der Waals surface area contributed by atoms with E-state index in [1.807, 2.05) is 61.5 Å². The zero-order valence-corrected chi connectivity index (χ0v) is 17.8. The number of benzene rings is 3. The Morgan fingerprint density at radius 1 is 1.03 bits per heavy atom. The normalized spacial score (nSPS) is 16.6. The second-order valence-electron chi connectivity index (χ2n) is 6.85. The molecule has 3 nitrogen and oxygen atoms in total. The van der Waals surface area contributed by atoms with E-state index >= 15 is 0 Å². The Kier molecular flexibility index (Phi) is 6.02. The molecular weight excluding hydrogens is 419 g/mol. The first kappa shape index (κ1) is 20.4. The summed E-state index contributed by atoms with van der Waals surface area (Å²) in [7, 11) is 0. The fourth-order valence-corrected chi connectivity index (χ4v) is 4.20. The molecule has 4 rings (SSSR count). The largest absolute Gasteiger partial charge is 0.282 e. The second-order valence-corrected chi connectivity index (χ2v) is 8.27. The number of aryl methyl sites for hydroxylation is 1. The molecule has 1 amide bonds. The second kappa shape index (κ2) is 8.86. The molecule has 1 aliphatic rings. The van der Waals surface area contributed by atoms with Gasteiger partial charge in [0.1, 0.15) is 5.82 Å². The molecule has 0 aliphatic carbocycles. The van der Waals surface area contributed by atoms with Gasteiger partial charge in [-0.25, -0.2) is 9.38 Å². The molecule has 1 heterocycles. The van der Waals surface area contributed by atoms with Crippen molar-refractivity contribution in [3.05, 3.63) is 105 Å². The number of aliphatic imine (C=N–C) groups is 1. The third-order valence-corrected chi connectivity index (χ3v) is 5.94. The van der Waals surface area contributed by atoms with Crippen molar-refractivity contribution in [2.45, 2.75) is 13.5 Å². The molecule has 150 valence electrons. The van der Waals surface area contributed by atoms with Crippen molar-refractivity contribution in [3.63, 3.8) is 0 Å². The Morgan fingerprint density at radius 3 is 2.47 bits per heavy atom. The lowest BCUT2D eigenvalue weighted by Gasteiger charge is -2.15. The standard InChI is InChI=1S/C24H18ClFN2OS/c1-16-10-12-18(13-11-16)27-24-28(15-17-6-3-2-4-7-17)23(29)22(30-24)14-19-20(25)8-5-9-21(19)26/h2-14H,15H2,1H3/b22-14+,27-24?. The number of hydrogen-bond donors (Lipinski definition) is 0. The topological polar surface area (TPSA) is 32.7 Å². The molecule has 0 spiro atoms. The molecule has 0 aromatic heterocycles. The van der Waals surface area contributed by atoms with Crippen LogP contribution in [0.4, 0.5) is 10.1 Å². The highest BCUT2D eigenvalue weighted by Crippen LogP contribution is 2.36. The molecule has 30 heavy (non-hydrogen) atoms. The highest BCUT2D eigenvalue weighted by molar-refractivity contribution is 8.18. The SMILES string of the molecule is Cc1ccc(N=C2S/C(=C/c3c(F)cccc3Cl)C(=O)N2Cc2ccccc2)cc1. The summed E-state index contributed by atoms with van der Waals surface area (Å²) in [6, 6.07) is 21.9. The van der Waals surface area contributed by atoms with Crippen molar-refractivity contribution in [2.75, 3.05) is 0 Å². The van der Waals surface area contributed by atoms with Crippen LogP contribution in [0.1, 0.15) is 16.7 Å². The number of amides is 1. The summed E-state index contributed by atoms with van der Waals surface area (Å²) in [5.41, 5.74) is 3.06. The Balaban J connectivity index is 1.73. The maximum Gasteiger partial charge on any atom is 0.267 e. The van der Waals surface area contributed by atoms with E-state index in [9.17, 15) is 9.18 Å². The van der Waals surface area contributed by atoms with E-state index in [1.54, 1.807) is 11.0 Å². The van der Waals surface area contributed by atoms with Crippen LogP contribution in [0.3, 0.4) is 0 Å². The average Bonchev–Trinajstić information content (AvgIpc) is 3.02. The molecule has 0 radical (unpaired) electrons. The van der Waals surface area contributed by atoms with E-state index < -0.39 is 5.82 Å². The minimum Gasteiger partial charge on any atom is -0.282 e. The van der Waals surface area contributed by atoms with Crippen LogP contribution < -0.4 is 0 Å². The fraction of sp³-hybridized carbons (Fsp3) is 0.0833. The Hall–Kier alpha value is -2.89. The van der Waals surface area contributed by atoms with E-state index in [1.165, 1.54) is 30.0 Å². The van der Waals surface area contributed by atoms with Gasteiger partial charge in [0.05, 0.1) is 22.2 Å². The van der Waals surface area contributed by atoms with Crippen molar-refractivity contribution >= 4 is 46.2 Å². The van der Waals surface area contributed by atoms with E-state index in [0.29, 0.717) is 16.6 Å². The molecule has 1 fully saturated rings. The summed E-state index contributed by atoms with van der Waals surface area (Å²) in [5.74, 6) is -0.698. The molecular formula is C24H18ClFN2OS. The van der Waals surface area contributed by atoms with Gasteiger partial charge in [0.15, 0.2) is 5.17 Å². The molecule has 1 saturated heterocycles. The van der Waals surface area contributed by atoms with Crippen molar-refractivity contribution in [3.8, 4) is 0 Å². The van der Waals surface area contributed by atoms with Gasteiger partial charge in [-0.15, -0.1) is 0 Å². The smallest absolute Gasteiger partial charge is 0.267 e. The Morgan fingerprint density at radius 2 is 1.77 bits per heavy atom. The number of thioether (sulfide) groups is 1. The molecule has 1 aliphatic heterocycles. The zero-order valence-electron chi connectivity index (χ0n) is 16.2. The number of rotatable bonds is 4. The quantitative estimate of drug-likeness (QED) is 0.432. The summed E-state index contributed by atoms with van der Waals surface area (Å²) >= 11 is 7.37. The predicted molar refractivity (Wildman–Crippen MR) is 122 cm³/mol. The number of nitrogens with zero attached hydrogens (tertiary/aromatic N) is 2. The van der Waals surface area contributed by atoms with Gasteiger partial charge >= 0.3 is 0 Å². The van der Waals surface area contributed by atoms with E-state index in [0.717, 1.165) is 16.8 Å². The minimum absolute atomic E-state index is 0.200. The molecule has 0 unspecified atom stereocenters. The predicted octanol–water partition coefficient (Wildman–Crippen LogP) is 6.59. The summed E-state index contributed by atoms with van der Waals surface area (Å²) < 4.78 is 14.3. The molecule has 3 aromatic carbocycles. The number of carbonyl (C=O) groups excluding carboxylic acids is 1. The third kappa shape index (κ3) is 4.48. The average molecular weight is 437 g/mol. The van der Waals surface area contributed by atoms with Crippen LogP contribution in [-0.4, -0.2) is 16.0 Å². The first-order valence-corrected chi connectivity index (χ1v) is 10.6. The maximum atomic E-state index is 14.3. The number of carbonyl (C=O) groups is 1. The first-order chi connectivity index (χ1) is 14.5. The summed E-state index contributed by atoms with van der Waals surface area (Å²) in [5, 5.41) is 0.806. The van der Waals surface area contributed by atoms with Gasteiger partial charge in [0.2, 0.25) is 0 Å². The van der Waals surface area contributed by atoms with Crippen LogP contribution in [0.15, 0.2) is 82.7 Å². The summed E-state index contributed by atoms with van der Waals surface area (Å²) in [6.45, 7) is 2.38. The maximum absolute atomic E-state index is 14.3. The van der Waals surface area contributed by atoms with Crippen LogP contribution in [0.2, 0.25) is 5.02 Å². The van der Waals surface area contributed by atoms with Gasteiger partial charge in [-0.3, -0.25) is 9.69 Å². The highest BCUT2D eigenvalue weighted by atomic mass is 35.5. The van der Waals surface area contributed by atoms with Crippen LogP contribution in [0.5, 0.6) is 0 Å². The summed E-state index contributed by atoms with van der Waals surface area (Å²) in [6.07, 6.45) is 1.50. The molecule has 0 atom stereocenters. The minimum atomic E-state index is -0.470. The van der Waals surface area contributed by atoms with E-state index in [2.05, 4.69) is 4.99 Å². The monoisotopic (exact) mass is 436 g/mol. The lowest BCUT2D eigenvalue weighted by Crippen LogP contribution is -2.28. The summed E-state index contributed by atoms with van der Waals surface area (Å²) in [4.78, 5) is 19.9. The first-order valence-electron chi connectivity index (χ1n) is 9.36. The van der Waals surface area contributed by atoms with Gasteiger partial charge in [0.25, 0.3) is 5.91 Å². The Labute approximate surface area is 183 Å². The van der Waals surface area contributed by atoms with Crippen LogP contribution in [0.25, 0.3) is 6.08 Å². The molecule has 0 saturated carbocycles. The van der Waals surface area contributed by atoms with E-state index in [-0.39, 0.29) is 16.5 Å². The highest BCUT2D eigenvalue weighted by Gasteiger charge is 2.33. The number of halogens is 2. The third-order valence-electron chi connectivity index (χ3n) is 4.61. The number of hydrogen-bond acceptors (Lipinski definition) is 3. The van der Waals surface area contributed by atoms with Crippen LogP contribution in [-0.2, 0) is 11.3 Å². The molecule has 0 N–H and O–H groups in total. The van der Waals surface area contributed by atoms with Crippen molar-refractivity contribution in [1.29, 1.82) is 0 Å². The van der Waals surface area contributed by atoms with Gasteiger partial charge in [0, 0.05) is 5.56 Å². The van der Waals surface area contributed by atoms with Gasteiger partial charge in [-0.05, 0) is 54.6 Å². The van der Waals surface area contributed by atoms with Crippen molar-refractivity contribution < 1.29 is 9.18 Å².